The van der Waals surface area contributed by atoms with Crippen LogP contribution in [0.4, 0.5) is 10.5 Å². The fourth-order valence-electron chi connectivity index (χ4n) is 2.13. The first-order chi connectivity index (χ1) is 9.35. The summed E-state index contributed by atoms with van der Waals surface area (Å²) in [6, 6.07) is 6.78. The summed E-state index contributed by atoms with van der Waals surface area (Å²) in [6.07, 6.45) is -0.257. The maximum Gasteiger partial charge on any atom is 1.00 e. The Hall–Kier alpha value is -0.910. The van der Waals surface area contributed by atoms with Gasteiger partial charge in [0.2, 0.25) is 0 Å². The van der Waals surface area contributed by atoms with Crippen LogP contribution in [0.25, 0.3) is 0 Å². The molecule has 5 nitrogen and oxygen atoms in total. The normalized spacial score (nSPS) is 15.4. The molecule has 1 aromatic carbocycles. The van der Waals surface area contributed by atoms with Gasteiger partial charge in [-0.3, -0.25) is 0 Å². The van der Waals surface area contributed by atoms with Crippen LogP contribution in [0.15, 0.2) is 24.3 Å². The molecule has 1 aliphatic rings. The van der Waals surface area contributed by atoms with Gasteiger partial charge < -0.3 is 19.6 Å². The van der Waals surface area contributed by atoms with Crippen molar-refractivity contribution in [3.05, 3.63) is 24.3 Å². The van der Waals surface area contributed by atoms with Gasteiger partial charge in [0, 0.05) is 31.9 Å². The van der Waals surface area contributed by atoms with E-state index in [2.05, 4.69) is 4.90 Å². The van der Waals surface area contributed by atoms with Crippen molar-refractivity contribution in [2.75, 3.05) is 31.1 Å². The second kappa shape index (κ2) is 7.38. The van der Waals surface area contributed by atoms with Crippen molar-refractivity contribution >= 4 is 11.8 Å². The third-order valence-electron chi connectivity index (χ3n) is 3.13. The van der Waals surface area contributed by atoms with E-state index in [4.69, 9.17) is 4.74 Å². The quantitative estimate of drug-likeness (QED) is 0.613. The molecule has 110 valence electrons. The van der Waals surface area contributed by atoms with Crippen LogP contribution >= 0.6 is 0 Å². The molecule has 1 heterocycles. The van der Waals surface area contributed by atoms with Crippen LogP contribution in [0.1, 0.15) is 20.8 Å². The predicted octanol–water partition coefficient (Wildman–Crippen LogP) is -1.18. The molecule has 6 heteroatoms. The summed E-state index contributed by atoms with van der Waals surface area (Å²) in [5.74, 6) is 0.0149. The predicted molar refractivity (Wildman–Crippen MR) is 75.9 cm³/mol. The Morgan fingerprint density at radius 3 is 2.10 bits per heavy atom. The largest absolute Gasteiger partial charge is 1.00 e. The molecular weight excluding hydrogens is 279 g/mol. The van der Waals surface area contributed by atoms with E-state index in [1.54, 1.807) is 17.0 Å². The van der Waals surface area contributed by atoms with E-state index in [-0.39, 0.29) is 41.4 Å². The number of carbonyl (C=O) groups is 1. The first-order valence-corrected chi connectivity index (χ1v) is 6.85. The first-order valence-electron chi connectivity index (χ1n) is 6.85. The van der Waals surface area contributed by atoms with Gasteiger partial charge in [-0.25, -0.2) is 4.79 Å². The number of anilines is 1. The molecule has 1 aliphatic heterocycles. The number of ether oxygens (including phenoxy) is 1. The van der Waals surface area contributed by atoms with E-state index in [0.717, 1.165) is 18.8 Å². The van der Waals surface area contributed by atoms with Gasteiger partial charge in [-0.2, -0.15) is 0 Å². The fraction of sp³-hybridized carbons (Fsp3) is 0.533. The number of piperazine rings is 1. The SMILES string of the molecule is CC(C)(C)OC(=O)N1CCN(c2ccc([O-])cc2)CC1.[Na+]. The van der Waals surface area contributed by atoms with Gasteiger partial charge in [-0.1, -0.05) is 12.1 Å². The average Bonchev–Trinajstić information content (AvgIpc) is 2.38. The van der Waals surface area contributed by atoms with Crippen LogP contribution in [0.2, 0.25) is 0 Å². The molecule has 0 saturated carbocycles. The maximum absolute atomic E-state index is 11.9. The van der Waals surface area contributed by atoms with Gasteiger partial charge in [0.15, 0.2) is 0 Å². The van der Waals surface area contributed by atoms with Crippen LogP contribution < -0.4 is 39.6 Å². The Bertz CT molecular complexity index is 463. The minimum absolute atomic E-state index is 0. The number of hydrogen-bond donors (Lipinski definition) is 0. The number of amides is 1. The summed E-state index contributed by atoms with van der Waals surface area (Å²) in [4.78, 5) is 15.8. The minimum atomic E-state index is -0.460. The summed E-state index contributed by atoms with van der Waals surface area (Å²) >= 11 is 0. The molecule has 1 saturated heterocycles. The van der Waals surface area contributed by atoms with E-state index in [0.29, 0.717) is 13.1 Å². The van der Waals surface area contributed by atoms with Crippen molar-refractivity contribution in [1.29, 1.82) is 0 Å². The van der Waals surface area contributed by atoms with E-state index in [9.17, 15) is 9.90 Å². The summed E-state index contributed by atoms with van der Waals surface area (Å²) in [5, 5.41) is 11.1. The zero-order valence-corrected chi connectivity index (χ0v) is 15.3. The first kappa shape index (κ1) is 18.1. The zero-order chi connectivity index (χ0) is 14.8. The Morgan fingerprint density at radius 1 is 1.10 bits per heavy atom. The van der Waals surface area contributed by atoms with Gasteiger partial charge in [0.1, 0.15) is 5.60 Å². The average molecular weight is 300 g/mol. The Morgan fingerprint density at radius 2 is 1.62 bits per heavy atom. The Labute approximate surface area is 148 Å². The number of nitrogens with zero attached hydrogens (tertiary/aromatic N) is 2. The van der Waals surface area contributed by atoms with Crippen LogP contribution in [0.5, 0.6) is 5.75 Å². The smallest absolute Gasteiger partial charge is 0.872 e. The van der Waals surface area contributed by atoms with Crippen molar-refractivity contribution in [3.63, 3.8) is 0 Å². The molecule has 1 aromatic rings. The van der Waals surface area contributed by atoms with Gasteiger partial charge >= 0.3 is 35.7 Å². The molecule has 0 atom stereocenters. The molecule has 1 fully saturated rings. The standard InChI is InChI=1S/C15H22N2O3.Na/c1-15(2,3)20-14(19)17-10-8-16(9-11-17)12-4-6-13(18)7-5-12;/h4-7,18H,8-11H2,1-3H3;/q;+1/p-1. The second-order valence-electron chi connectivity index (χ2n) is 5.95. The monoisotopic (exact) mass is 300 g/mol. The van der Waals surface area contributed by atoms with E-state index in [1.807, 2.05) is 32.9 Å². The molecular formula is C15H21N2NaO3. The van der Waals surface area contributed by atoms with Crippen LogP contribution in [0.3, 0.4) is 0 Å². The maximum atomic E-state index is 11.9. The molecule has 21 heavy (non-hydrogen) atoms. The van der Waals surface area contributed by atoms with Gasteiger partial charge in [-0.05, 0) is 32.9 Å². The molecule has 0 unspecified atom stereocenters. The summed E-state index contributed by atoms with van der Waals surface area (Å²) in [7, 11) is 0. The molecule has 2 rings (SSSR count). The van der Waals surface area contributed by atoms with Gasteiger partial charge in [0.05, 0.1) is 0 Å². The third-order valence-corrected chi connectivity index (χ3v) is 3.13. The van der Waals surface area contributed by atoms with Crippen molar-refractivity contribution in [2.45, 2.75) is 26.4 Å². The van der Waals surface area contributed by atoms with E-state index in [1.165, 1.54) is 0 Å². The number of rotatable bonds is 1. The van der Waals surface area contributed by atoms with Crippen molar-refractivity contribution in [2.24, 2.45) is 0 Å². The molecule has 0 spiro atoms. The molecule has 0 aliphatic carbocycles. The molecule has 0 bridgehead atoms. The van der Waals surface area contributed by atoms with Gasteiger partial charge in [0.25, 0.3) is 0 Å². The molecule has 1 amide bonds. The topological polar surface area (TPSA) is 55.8 Å². The van der Waals surface area contributed by atoms with E-state index < -0.39 is 5.60 Å². The summed E-state index contributed by atoms with van der Waals surface area (Å²) in [6.45, 7) is 8.36. The zero-order valence-electron chi connectivity index (χ0n) is 13.3. The molecule has 0 aromatic heterocycles. The summed E-state index contributed by atoms with van der Waals surface area (Å²) < 4.78 is 5.36. The van der Waals surface area contributed by atoms with Crippen molar-refractivity contribution < 1.29 is 44.2 Å². The number of benzene rings is 1. The minimum Gasteiger partial charge on any atom is -0.872 e. The third kappa shape index (κ3) is 5.41. The second-order valence-corrected chi connectivity index (χ2v) is 5.95. The number of hydrogen-bond acceptors (Lipinski definition) is 4. The van der Waals surface area contributed by atoms with Gasteiger partial charge in [-0.15, -0.1) is 5.75 Å². The van der Waals surface area contributed by atoms with Crippen molar-refractivity contribution in [1.82, 2.24) is 4.90 Å². The van der Waals surface area contributed by atoms with Crippen LogP contribution in [-0.4, -0.2) is 42.8 Å². The van der Waals surface area contributed by atoms with Crippen LogP contribution in [-0.2, 0) is 4.74 Å². The Kier molecular flexibility index (Phi) is 6.38. The van der Waals surface area contributed by atoms with Crippen molar-refractivity contribution in [3.8, 4) is 5.75 Å². The van der Waals surface area contributed by atoms with Crippen LogP contribution in [0, 0.1) is 0 Å². The molecule has 0 radical (unpaired) electrons. The fourth-order valence-corrected chi connectivity index (χ4v) is 2.13. The van der Waals surface area contributed by atoms with E-state index >= 15 is 0 Å². The summed E-state index contributed by atoms with van der Waals surface area (Å²) in [5.41, 5.74) is 0.562. The Balaban J connectivity index is 0.00000220. The number of carbonyl (C=O) groups excluding carboxylic acids is 1. The molecule has 0 N–H and O–H groups in total.